The number of H-pyrrole nitrogens is 1. The third-order valence-corrected chi connectivity index (χ3v) is 6.95. The van der Waals surface area contributed by atoms with Crippen LogP contribution in [0.1, 0.15) is 45.1 Å². The Kier molecular flexibility index (Phi) is 12.9. The van der Waals surface area contributed by atoms with Gasteiger partial charge in [-0.25, -0.2) is 4.79 Å². The van der Waals surface area contributed by atoms with Gasteiger partial charge in [-0.3, -0.25) is 19.2 Å². The van der Waals surface area contributed by atoms with E-state index in [0.717, 1.165) is 16.5 Å². The number of amides is 3. The summed E-state index contributed by atoms with van der Waals surface area (Å²) in [6.07, 6.45) is 3.68. The van der Waals surface area contributed by atoms with Crippen molar-refractivity contribution >= 4 is 52.3 Å². The number of carbonyl (C=O) groups excluding carboxylic acids is 3. The zero-order chi connectivity index (χ0) is 29.8. The van der Waals surface area contributed by atoms with Crippen molar-refractivity contribution in [3.8, 4) is 0 Å². The van der Waals surface area contributed by atoms with Gasteiger partial charge in [0.15, 0.2) is 0 Å². The van der Waals surface area contributed by atoms with Crippen molar-refractivity contribution in [1.29, 1.82) is 0 Å². The van der Waals surface area contributed by atoms with Gasteiger partial charge in [-0.2, -0.15) is 11.8 Å². The second kappa shape index (κ2) is 15.9. The van der Waals surface area contributed by atoms with Crippen LogP contribution in [-0.2, 0) is 30.4 Å². The minimum atomic E-state index is -1.24. The van der Waals surface area contributed by atoms with Crippen molar-refractivity contribution < 1.29 is 34.2 Å². The molecule has 4 atom stereocenters. The molecule has 40 heavy (non-hydrogen) atoms. The highest BCUT2D eigenvalue weighted by Crippen LogP contribution is 2.19. The maximum Gasteiger partial charge on any atom is 0.326 e. The Morgan fingerprint density at radius 1 is 0.925 bits per heavy atom. The summed E-state index contributed by atoms with van der Waals surface area (Å²) in [6, 6.07) is 3.01. The van der Waals surface area contributed by atoms with Crippen LogP contribution in [0.3, 0.4) is 0 Å². The molecule has 3 amide bonds. The fourth-order valence-electron chi connectivity index (χ4n) is 4.16. The quantitative estimate of drug-likeness (QED) is 0.144. The van der Waals surface area contributed by atoms with Crippen molar-refractivity contribution in [1.82, 2.24) is 20.9 Å². The summed E-state index contributed by atoms with van der Waals surface area (Å²) >= 11 is 1.46. The molecule has 1 aromatic heterocycles. The number of nitrogens with one attached hydrogen (secondary N) is 4. The molecule has 0 aliphatic rings. The molecule has 2 rings (SSSR count). The van der Waals surface area contributed by atoms with Crippen LogP contribution in [0, 0.1) is 5.92 Å². The number of aromatic nitrogens is 1. The molecule has 0 fully saturated rings. The number of aliphatic carboxylic acids is 2. The summed E-state index contributed by atoms with van der Waals surface area (Å²) in [7, 11) is 0. The average Bonchev–Trinajstić information content (AvgIpc) is 3.30. The maximum atomic E-state index is 13.3. The fourth-order valence-corrected chi connectivity index (χ4v) is 4.63. The first-order chi connectivity index (χ1) is 18.9. The normalized spacial score (nSPS) is 14.2. The van der Waals surface area contributed by atoms with Crippen LogP contribution in [0.15, 0.2) is 30.5 Å². The summed E-state index contributed by atoms with van der Waals surface area (Å²) in [4.78, 5) is 65.0. The number of carbonyl (C=O) groups is 5. The molecule has 4 unspecified atom stereocenters. The molecule has 220 valence electrons. The summed E-state index contributed by atoms with van der Waals surface area (Å²) in [5.74, 6) is -3.73. The monoisotopic (exact) mass is 577 g/mol. The minimum Gasteiger partial charge on any atom is -0.481 e. The standard InChI is InChI=1S/C27H39N5O7S/c1-15(2)12-21(31-25(36)20(10-11-40-3)30-24(35)18(28)8-9-23(33)34)26(37)32-22(27(38)39)13-16-14-29-19-7-5-4-6-17(16)19/h4-7,14-15,18,20-22,29H,8-13,28H2,1-3H3,(H,30,35)(H,31,36)(H,32,37)(H,33,34)(H,38,39). The number of nitrogens with two attached hydrogens (primary N) is 1. The molecule has 0 radical (unpaired) electrons. The number of rotatable bonds is 17. The molecule has 0 bridgehead atoms. The molecule has 1 heterocycles. The smallest absolute Gasteiger partial charge is 0.326 e. The highest BCUT2D eigenvalue weighted by atomic mass is 32.2. The first-order valence-electron chi connectivity index (χ1n) is 13.1. The number of para-hydroxylation sites is 1. The van der Waals surface area contributed by atoms with E-state index in [1.807, 2.05) is 44.4 Å². The van der Waals surface area contributed by atoms with Crippen LogP contribution in [0.25, 0.3) is 10.9 Å². The molecular formula is C27H39N5O7S. The van der Waals surface area contributed by atoms with Crippen LogP contribution >= 0.6 is 11.8 Å². The van der Waals surface area contributed by atoms with E-state index in [9.17, 15) is 29.1 Å². The number of fused-ring (bicyclic) bond motifs is 1. The average molecular weight is 578 g/mol. The molecule has 8 N–H and O–H groups in total. The molecular weight excluding hydrogens is 538 g/mol. The lowest BCUT2D eigenvalue weighted by Gasteiger charge is -2.26. The lowest BCUT2D eigenvalue weighted by molar-refractivity contribution is -0.142. The maximum absolute atomic E-state index is 13.3. The van der Waals surface area contributed by atoms with Gasteiger partial charge in [0.2, 0.25) is 17.7 Å². The van der Waals surface area contributed by atoms with E-state index in [1.54, 1.807) is 6.20 Å². The van der Waals surface area contributed by atoms with E-state index < -0.39 is 53.8 Å². The van der Waals surface area contributed by atoms with Gasteiger partial charge in [-0.1, -0.05) is 32.0 Å². The fraction of sp³-hybridized carbons (Fsp3) is 0.519. The van der Waals surface area contributed by atoms with Crippen molar-refractivity contribution in [2.45, 2.75) is 70.1 Å². The van der Waals surface area contributed by atoms with Crippen molar-refractivity contribution in [3.05, 3.63) is 36.0 Å². The van der Waals surface area contributed by atoms with Gasteiger partial charge in [-0.15, -0.1) is 0 Å². The lowest BCUT2D eigenvalue weighted by Crippen LogP contribution is -2.57. The Balaban J connectivity index is 2.15. The number of hydrogen-bond donors (Lipinski definition) is 7. The second-order valence-electron chi connectivity index (χ2n) is 10.0. The number of hydrogen-bond acceptors (Lipinski definition) is 7. The van der Waals surface area contributed by atoms with E-state index >= 15 is 0 Å². The molecule has 13 heteroatoms. The zero-order valence-corrected chi connectivity index (χ0v) is 23.8. The van der Waals surface area contributed by atoms with E-state index in [-0.39, 0.29) is 38.0 Å². The van der Waals surface area contributed by atoms with Crippen LogP contribution < -0.4 is 21.7 Å². The van der Waals surface area contributed by atoms with E-state index in [1.165, 1.54) is 11.8 Å². The van der Waals surface area contributed by atoms with Crippen LogP contribution in [0.2, 0.25) is 0 Å². The Morgan fingerprint density at radius 3 is 2.17 bits per heavy atom. The molecule has 0 aliphatic carbocycles. The van der Waals surface area contributed by atoms with Crippen LogP contribution in [0.5, 0.6) is 0 Å². The van der Waals surface area contributed by atoms with Gasteiger partial charge in [-0.05, 0) is 48.8 Å². The van der Waals surface area contributed by atoms with Crippen LogP contribution in [0.4, 0.5) is 0 Å². The SMILES string of the molecule is CSCCC(NC(=O)C(N)CCC(=O)O)C(=O)NC(CC(C)C)C(=O)NC(Cc1c[nH]c2ccccc12)C(=O)O. The predicted molar refractivity (Wildman–Crippen MR) is 153 cm³/mol. The lowest BCUT2D eigenvalue weighted by atomic mass is 10.0. The van der Waals surface area contributed by atoms with Gasteiger partial charge in [0.25, 0.3) is 0 Å². The molecule has 0 saturated heterocycles. The van der Waals surface area contributed by atoms with Gasteiger partial charge in [0.05, 0.1) is 6.04 Å². The summed E-state index contributed by atoms with van der Waals surface area (Å²) in [6.45, 7) is 3.73. The van der Waals surface area contributed by atoms with Gasteiger partial charge >= 0.3 is 11.9 Å². The Morgan fingerprint density at radius 2 is 1.55 bits per heavy atom. The van der Waals surface area contributed by atoms with E-state index in [2.05, 4.69) is 20.9 Å². The van der Waals surface area contributed by atoms with Crippen molar-refractivity contribution in [2.75, 3.05) is 12.0 Å². The number of aromatic amines is 1. The highest BCUT2D eigenvalue weighted by molar-refractivity contribution is 7.98. The predicted octanol–water partition coefficient (Wildman–Crippen LogP) is 1.24. The zero-order valence-electron chi connectivity index (χ0n) is 22.9. The number of thioether (sulfide) groups is 1. The molecule has 2 aromatic rings. The number of benzene rings is 1. The summed E-state index contributed by atoms with van der Waals surface area (Å²) in [5, 5.41) is 27.3. The topological polar surface area (TPSA) is 204 Å². The minimum absolute atomic E-state index is 0.0170. The third-order valence-electron chi connectivity index (χ3n) is 6.30. The third kappa shape index (κ3) is 10.2. The van der Waals surface area contributed by atoms with Gasteiger partial charge < -0.3 is 36.9 Å². The Hall–Kier alpha value is -3.58. The van der Waals surface area contributed by atoms with E-state index in [4.69, 9.17) is 10.8 Å². The summed E-state index contributed by atoms with van der Waals surface area (Å²) < 4.78 is 0. The van der Waals surface area contributed by atoms with Crippen molar-refractivity contribution in [3.63, 3.8) is 0 Å². The number of carboxylic acids is 2. The first kappa shape index (κ1) is 32.6. The largest absolute Gasteiger partial charge is 0.481 e. The van der Waals surface area contributed by atoms with Crippen molar-refractivity contribution in [2.24, 2.45) is 11.7 Å². The number of carboxylic acid groups (broad SMARTS) is 2. The second-order valence-corrected chi connectivity index (χ2v) is 11.0. The molecule has 0 saturated carbocycles. The summed E-state index contributed by atoms with van der Waals surface area (Å²) in [5.41, 5.74) is 7.37. The Bertz CT molecular complexity index is 1180. The molecule has 1 aromatic carbocycles. The van der Waals surface area contributed by atoms with E-state index in [0.29, 0.717) is 5.75 Å². The Labute approximate surface area is 237 Å². The van der Waals surface area contributed by atoms with Gasteiger partial charge in [0.1, 0.15) is 18.1 Å². The van der Waals surface area contributed by atoms with Crippen LogP contribution in [-0.4, -0.2) is 81.0 Å². The molecule has 0 aliphatic heterocycles. The van der Waals surface area contributed by atoms with Gasteiger partial charge in [0, 0.05) is 29.9 Å². The highest BCUT2D eigenvalue weighted by Gasteiger charge is 2.31. The molecule has 0 spiro atoms. The molecule has 12 nitrogen and oxygen atoms in total. The first-order valence-corrected chi connectivity index (χ1v) is 14.5.